The van der Waals surface area contributed by atoms with Gasteiger partial charge in [0.15, 0.2) is 0 Å². The maximum absolute atomic E-state index is 10.2. The molecule has 0 radical (unpaired) electrons. The van der Waals surface area contributed by atoms with Gasteiger partial charge in [-0.25, -0.2) is 0 Å². The number of nitrogens with two attached hydrogens (primary N) is 1. The first kappa shape index (κ1) is 14.4. The molecule has 0 saturated carbocycles. The lowest BCUT2D eigenvalue weighted by atomic mass is 10.1. The Bertz CT molecular complexity index is 414. The van der Waals surface area contributed by atoms with Gasteiger partial charge in [-0.3, -0.25) is 4.90 Å². The molecule has 2 rings (SSSR count). The van der Waals surface area contributed by atoms with E-state index in [0.717, 1.165) is 43.9 Å². The summed E-state index contributed by atoms with van der Waals surface area (Å²) in [5, 5.41) is 10.2. The van der Waals surface area contributed by atoms with Crippen LogP contribution >= 0.6 is 12.2 Å². The minimum Gasteiger partial charge on any atom is -0.389 e. The Labute approximate surface area is 119 Å². The van der Waals surface area contributed by atoms with Gasteiger partial charge in [0.2, 0.25) is 0 Å². The number of rotatable bonds is 4. The van der Waals surface area contributed by atoms with E-state index in [0.29, 0.717) is 11.5 Å². The molecule has 0 aliphatic carbocycles. The van der Waals surface area contributed by atoms with Crippen LogP contribution in [0.3, 0.4) is 0 Å². The standard InChI is InChI=1S/C14H20N2O2S/c15-14(19)12-4-2-11(3-5-12)13(17)10-16-6-1-8-18-9-7-16/h2-5,13,17H,1,6-10H2,(H2,15,19). The van der Waals surface area contributed by atoms with Gasteiger partial charge in [-0.1, -0.05) is 36.5 Å². The van der Waals surface area contributed by atoms with Crippen molar-refractivity contribution < 1.29 is 9.84 Å². The van der Waals surface area contributed by atoms with Crippen molar-refractivity contribution in [1.82, 2.24) is 4.90 Å². The van der Waals surface area contributed by atoms with E-state index in [1.807, 2.05) is 24.3 Å². The predicted molar refractivity (Wildman–Crippen MR) is 79.2 cm³/mol. The second-order valence-electron chi connectivity index (χ2n) is 4.77. The molecular formula is C14H20N2O2S. The molecule has 104 valence electrons. The topological polar surface area (TPSA) is 58.7 Å². The summed E-state index contributed by atoms with van der Waals surface area (Å²) < 4.78 is 5.40. The van der Waals surface area contributed by atoms with Gasteiger partial charge in [0.05, 0.1) is 12.7 Å². The molecule has 1 aromatic carbocycles. The summed E-state index contributed by atoms with van der Waals surface area (Å²) in [4.78, 5) is 2.62. The van der Waals surface area contributed by atoms with Crippen LogP contribution < -0.4 is 5.73 Å². The highest BCUT2D eigenvalue weighted by molar-refractivity contribution is 7.80. The Morgan fingerprint density at radius 2 is 2.05 bits per heavy atom. The number of aliphatic hydroxyl groups excluding tert-OH is 1. The molecule has 1 unspecified atom stereocenters. The molecule has 1 heterocycles. The van der Waals surface area contributed by atoms with Gasteiger partial charge in [-0.2, -0.15) is 0 Å². The fourth-order valence-electron chi connectivity index (χ4n) is 2.20. The molecule has 1 aromatic rings. The second kappa shape index (κ2) is 6.96. The maximum atomic E-state index is 10.2. The summed E-state index contributed by atoms with van der Waals surface area (Å²) in [6.45, 7) is 4.04. The lowest BCUT2D eigenvalue weighted by molar-refractivity contribution is 0.103. The van der Waals surface area contributed by atoms with Crippen LogP contribution in [0.1, 0.15) is 23.7 Å². The first-order chi connectivity index (χ1) is 9.16. The largest absolute Gasteiger partial charge is 0.389 e. The van der Waals surface area contributed by atoms with Gasteiger partial charge in [0.25, 0.3) is 0 Å². The van der Waals surface area contributed by atoms with Crippen molar-refractivity contribution in [3.8, 4) is 0 Å². The summed E-state index contributed by atoms with van der Waals surface area (Å²) in [5.41, 5.74) is 7.28. The van der Waals surface area contributed by atoms with Crippen LogP contribution in [-0.2, 0) is 4.74 Å². The van der Waals surface area contributed by atoms with E-state index in [4.69, 9.17) is 22.7 Å². The van der Waals surface area contributed by atoms with Crippen LogP contribution in [0.25, 0.3) is 0 Å². The van der Waals surface area contributed by atoms with Crippen molar-refractivity contribution >= 4 is 17.2 Å². The monoisotopic (exact) mass is 280 g/mol. The van der Waals surface area contributed by atoms with Crippen LogP contribution in [-0.4, -0.2) is 47.8 Å². The summed E-state index contributed by atoms with van der Waals surface area (Å²) >= 11 is 4.91. The first-order valence-electron chi connectivity index (χ1n) is 6.55. The molecular weight excluding hydrogens is 260 g/mol. The number of hydrogen-bond acceptors (Lipinski definition) is 4. The van der Waals surface area contributed by atoms with E-state index >= 15 is 0 Å². The Hall–Kier alpha value is -1.01. The second-order valence-corrected chi connectivity index (χ2v) is 5.21. The van der Waals surface area contributed by atoms with Crippen molar-refractivity contribution in [2.75, 3.05) is 32.8 Å². The number of nitrogens with zero attached hydrogens (tertiary/aromatic N) is 1. The molecule has 1 saturated heterocycles. The lowest BCUT2D eigenvalue weighted by Gasteiger charge is -2.22. The Morgan fingerprint density at radius 3 is 2.74 bits per heavy atom. The summed E-state index contributed by atoms with van der Waals surface area (Å²) in [6.07, 6.45) is 0.533. The zero-order valence-electron chi connectivity index (χ0n) is 10.9. The number of hydrogen-bond donors (Lipinski definition) is 2. The van der Waals surface area contributed by atoms with Crippen molar-refractivity contribution in [3.05, 3.63) is 35.4 Å². The van der Waals surface area contributed by atoms with Gasteiger partial charge >= 0.3 is 0 Å². The van der Waals surface area contributed by atoms with Crippen molar-refractivity contribution in [1.29, 1.82) is 0 Å². The number of β-amino-alcohol motifs (C(OH)–C–C–N with tert-alkyl or cyclic N) is 1. The molecule has 1 atom stereocenters. The SMILES string of the molecule is NC(=S)c1ccc(C(O)CN2CCCOCC2)cc1. The molecule has 1 fully saturated rings. The van der Waals surface area contributed by atoms with E-state index in [1.165, 1.54) is 0 Å². The molecule has 0 bridgehead atoms. The maximum Gasteiger partial charge on any atom is 0.103 e. The summed E-state index contributed by atoms with van der Waals surface area (Å²) in [5.74, 6) is 0. The van der Waals surface area contributed by atoms with Gasteiger partial charge in [-0.15, -0.1) is 0 Å². The quantitative estimate of drug-likeness (QED) is 0.808. The minimum absolute atomic E-state index is 0.380. The number of aliphatic hydroxyl groups is 1. The summed E-state index contributed by atoms with van der Waals surface area (Å²) in [6, 6.07) is 7.47. The van der Waals surface area contributed by atoms with Gasteiger partial charge in [0.1, 0.15) is 4.99 Å². The minimum atomic E-state index is -0.488. The third-order valence-corrected chi connectivity index (χ3v) is 3.56. The first-order valence-corrected chi connectivity index (χ1v) is 6.95. The summed E-state index contributed by atoms with van der Waals surface area (Å²) in [7, 11) is 0. The van der Waals surface area contributed by atoms with Crippen LogP contribution in [0.2, 0.25) is 0 Å². The van der Waals surface area contributed by atoms with Crippen LogP contribution in [0.5, 0.6) is 0 Å². The highest BCUT2D eigenvalue weighted by atomic mass is 32.1. The van der Waals surface area contributed by atoms with Crippen molar-refractivity contribution in [2.24, 2.45) is 5.73 Å². The molecule has 4 nitrogen and oxygen atoms in total. The van der Waals surface area contributed by atoms with Crippen LogP contribution in [0.4, 0.5) is 0 Å². The van der Waals surface area contributed by atoms with Crippen molar-refractivity contribution in [2.45, 2.75) is 12.5 Å². The normalized spacial score (nSPS) is 18.8. The average Bonchev–Trinajstić information content (AvgIpc) is 2.67. The zero-order chi connectivity index (χ0) is 13.7. The fraction of sp³-hybridized carbons (Fsp3) is 0.500. The van der Waals surface area contributed by atoms with E-state index in [1.54, 1.807) is 0 Å². The van der Waals surface area contributed by atoms with E-state index < -0.39 is 6.10 Å². The van der Waals surface area contributed by atoms with E-state index in [2.05, 4.69) is 4.90 Å². The van der Waals surface area contributed by atoms with E-state index in [9.17, 15) is 5.11 Å². The van der Waals surface area contributed by atoms with E-state index in [-0.39, 0.29) is 0 Å². The Balaban J connectivity index is 1.94. The Morgan fingerprint density at radius 1 is 1.32 bits per heavy atom. The molecule has 0 spiro atoms. The van der Waals surface area contributed by atoms with Gasteiger partial charge in [-0.05, 0) is 12.0 Å². The molecule has 0 aromatic heterocycles. The average molecular weight is 280 g/mol. The smallest absolute Gasteiger partial charge is 0.103 e. The molecule has 5 heteroatoms. The molecule has 0 amide bonds. The van der Waals surface area contributed by atoms with Crippen molar-refractivity contribution in [3.63, 3.8) is 0 Å². The Kier molecular flexibility index (Phi) is 5.27. The lowest BCUT2D eigenvalue weighted by Crippen LogP contribution is -2.31. The highest BCUT2D eigenvalue weighted by Gasteiger charge is 2.15. The number of benzene rings is 1. The van der Waals surface area contributed by atoms with Crippen LogP contribution in [0, 0.1) is 0 Å². The molecule has 1 aliphatic heterocycles. The third kappa shape index (κ3) is 4.24. The molecule has 3 N–H and O–H groups in total. The van der Waals surface area contributed by atoms with Crippen LogP contribution in [0.15, 0.2) is 24.3 Å². The predicted octanol–water partition coefficient (Wildman–Crippen LogP) is 1.08. The number of thiocarbonyl (C=S) groups is 1. The third-order valence-electron chi connectivity index (χ3n) is 3.33. The fourth-order valence-corrected chi connectivity index (χ4v) is 2.34. The molecule has 19 heavy (non-hydrogen) atoms. The van der Waals surface area contributed by atoms with Gasteiger partial charge < -0.3 is 15.6 Å². The zero-order valence-corrected chi connectivity index (χ0v) is 11.7. The van der Waals surface area contributed by atoms with Gasteiger partial charge in [0, 0.05) is 31.8 Å². The number of ether oxygens (including phenoxy) is 1. The highest BCUT2D eigenvalue weighted by Crippen LogP contribution is 2.16. The molecule has 1 aliphatic rings.